The maximum Gasteiger partial charge on any atom is 0.224 e. The van der Waals surface area contributed by atoms with Crippen molar-refractivity contribution in [2.24, 2.45) is 5.92 Å². The summed E-state index contributed by atoms with van der Waals surface area (Å²) >= 11 is 0. The third-order valence-electron chi connectivity index (χ3n) is 5.08. The van der Waals surface area contributed by atoms with E-state index in [4.69, 9.17) is 0 Å². The fourth-order valence-electron chi connectivity index (χ4n) is 3.70. The predicted octanol–water partition coefficient (Wildman–Crippen LogP) is 2.58. The van der Waals surface area contributed by atoms with Gasteiger partial charge in [-0.25, -0.2) is 0 Å². The number of carbonyl (C=O) groups is 1. The number of carbonyl (C=O) groups excluding carboxylic acids is 1. The first kappa shape index (κ1) is 26.3. The number of piperazine rings is 1. The maximum atomic E-state index is 12.3. The number of anilines is 1. The van der Waals surface area contributed by atoms with E-state index in [1.54, 1.807) is 0 Å². The standard InChI is InChI=1S/C19H30N4O.3ClH/c1-16(21-19(24)17-6-5-9-20-14-17)15-22-10-12-23(13-11-22)18-7-3-2-4-8-18;;;/h2-4,7-8,16-17,20H,5-6,9-15H2,1H3,(H,21,24);3*1H. The zero-order valence-electron chi connectivity index (χ0n) is 15.9. The largest absolute Gasteiger partial charge is 0.369 e. The van der Waals surface area contributed by atoms with E-state index < -0.39 is 0 Å². The Morgan fingerprint density at radius 1 is 1.15 bits per heavy atom. The lowest BCUT2D eigenvalue weighted by Crippen LogP contribution is -2.52. The van der Waals surface area contributed by atoms with E-state index in [2.05, 4.69) is 57.7 Å². The van der Waals surface area contributed by atoms with Crippen molar-refractivity contribution in [2.75, 3.05) is 50.7 Å². The Labute approximate surface area is 181 Å². The summed E-state index contributed by atoms with van der Waals surface area (Å²) in [6, 6.07) is 10.8. The number of hydrogen-bond acceptors (Lipinski definition) is 4. The van der Waals surface area contributed by atoms with E-state index in [0.717, 1.165) is 58.7 Å². The second-order valence-corrected chi connectivity index (χ2v) is 7.08. The van der Waals surface area contributed by atoms with Gasteiger partial charge in [0.05, 0.1) is 5.92 Å². The Balaban J connectivity index is 0.00000225. The second-order valence-electron chi connectivity index (χ2n) is 7.08. The highest BCUT2D eigenvalue weighted by molar-refractivity contribution is 5.86. The Morgan fingerprint density at radius 3 is 2.41 bits per heavy atom. The van der Waals surface area contributed by atoms with Crippen LogP contribution in [0, 0.1) is 5.92 Å². The highest BCUT2D eigenvalue weighted by Gasteiger charge is 2.23. The van der Waals surface area contributed by atoms with E-state index in [-0.39, 0.29) is 55.1 Å². The van der Waals surface area contributed by atoms with Crippen LogP contribution in [0.4, 0.5) is 5.69 Å². The molecule has 2 heterocycles. The summed E-state index contributed by atoms with van der Waals surface area (Å²) in [5, 5.41) is 6.52. The average molecular weight is 440 g/mol. The van der Waals surface area contributed by atoms with Crippen molar-refractivity contribution in [3.8, 4) is 0 Å². The van der Waals surface area contributed by atoms with E-state index in [1.165, 1.54) is 5.69 Å². The van der Waals surface area contributed by atoms with E-state index in [1.807, 2.05) is 0 Å². The lowest BCUT2D eigenvalue weighted by molar-refractivity contribution is -0.126. The predicted molar refractivity (Wildman–Crippen MR) is 120 cm³/mol. The van der Waals surface area contributed by atoms with Crippen LogP contribution < -0.4 is 15.5 Å². The molecule has 8 heteroatoms. The molecule has 0 aromatic heterocycles. The molecule has 2 unspecified atom stereocenters. The van der Waals surface area contributed by atoms with Crippen molar-refractivity contribution < 1.29 is 4.79 Å². The molecule has 2 saturated heterocycles. The van der Waals surface area contributed by atoms with Crippen LogP contribution >= 0.6 is 37.2 Å². The summed E-state index contributed by atoms with van der Waals surface area (Å²) in [7, 11) is 0. The van der Waals surface area contributed by atoms with Gasteiger partial charge in [0.25, 0.3) is 0 Å². The monoisotopic (exact) mass is 438 g/mol. The molecular formula is C19H33Cl3N4O. The minimum atomic E-state index is 0. The number of halogens is 3. The number of nitrogens with zero attached hydrogens (tertiary/aromatic N) is 2. The molecule has 1 aromatic carbocycles. The van der Waals surface area contributed by atoms with Crippen molar-refractivity contribution in [1.29, 1.82) is 0 Å². The molecule has 1 amide bonds. The van der Waals surface area contributed by atoms with E-state index >= 15 is 0 Å². The van der Waals surface area contributed by atoms with Crippen LogP contribution in [-0.4, -0.2) is 62.7 Å². The van der Waals surface area contributed by atoms with Gasteiger partial charge in [0, 0.05) is 51.0 Å². The molecule has 2 N–H and O–H groups in total. The Morgan fingerprint density at radius 2 is 1.81 bits per heavy atom. The second kappa shape index (κ2) is 13.5. The molecule has 0 radical (unpaired) electrons. The van der Waals surface area contributed by atoms with Gasteiger partial charge in [0.1, 0.15) is 0 Å². The molecule has 5 nitrogen and oxygen atoms in total. The number of rotatable bonds is 5. The molecule has 1 aromatic rings. The molecule has 0 saturated carbocycles. The molecular weight excluding hydrogens is 407 g/mol. The number of para-hydroxylation sites is 1. The van der Waals surface area contributed by atoms with Gasteiger partial charge in [-0.05, 0) is 38.4 Å². The van der Waals surface area contributed by atoms with Crippen LogP contribution in [0.1, 0.15) is 19.8 Å². The van der Waals surface area contributed by atoms with Crippen molar-refractivity contribution in [3.63, 3.8) is 0 Å². The normalized spacial score (nSPS) is 21.1. The summed E-state index contributed by atoms with van der Waals surface area (Å²) < 4.78 is 0. The first-order chi connectivity index (χ1) is 11.7. The smallest absolute Gasteiger partial charge is 0.224 e. The van der Waals surface area contributed by atoms with Gasteiger partial charge in [0.15, 0.2) is 0 Å². The van der Waals surface area contributed by atoms with Crippen molar-refractivity contribution in [1.82, 2.24) is 15.5 Å². The summed E-state index contributed by atoms with van der Waals surface area (Å²) in [6.07, 6.45) is 2.12. The fraction of sp³-hybridized carbons (Fsp3) is 0.632. The number of benzene rings is 1. The van der Waals surface area contributed by atoms with Crippen molar-refractivity contribution in [2.45, 2.75) is 25.8 Å². The summed E-state index contributed by atoms with van der Waals surface area (Å²) in [6.45, 7) is 9.15. The minimum absolute atomic E-state index is 0. The van der Waals surface area contributed by atoms with Crippen molar-refractivity contribution in [3.05, 3.63) is 30.3 Å². The van der Waals surface area contributed by atoms with Gasteiger partial charge in [-0.2, -0.15) is 0 Å². The van der Waals surface area contributed by atoms with Crippen LogP contribution in [0.2, 0.25) is 0 Å². The Bertz CT molecular complexity index is 521. The Kier molecular flexibility index (Phi) is 13.1. The quantitative estimate of drug-likeness (QED) is 0.740. The van der Waals surface area contributed by atoms with Crippen LogP contribution in [0.25, 0.3) is 0 Å². The summed E-state index contributed by atoms with van der Waals surface area (Å²) in [4.78, 5) is 17.2. The molecule has 3 rings (SSSR count). The van der Waals surface area contributed by atoms with Crippen LogP contribution in [0.5, 0.6) is 0 Å². The van der Waals surface area contributed by atoms with Crippen LogP contribution in [0.15, 0.2) is 30.3 Å². The van der Waals surface area contributed by atoms with E-state index in [0.29, 0.717) is 0 Å². The zero-order valence-corrected chi connectivity index (χ0v) is 18.4. The first-order valence-electron chi connectivity index (χ1n) is 9.26. The molecule has 2 fully saturated rings. The number of amides is 1. The van der Waals surface area contributed by atoms with Gasteiger partial charge in [-0.3, -0.25) is 9.69 Å². The highest BCUT2D eigenvalue weighted by Crippen LogP contribution is 2.16. The van der Waals surface area contributed by atoms with Crippen LogP contribution in [-0.2, 0) is 4.79 Å². The molecule has 0 spiro atoms. The first-order valence-corrected chi connectivity index (χ1v) is 9.26. The zero-order chi connectivity index (χ0) is 16.8. The number of hydrogen-bond donors (Lipinski definition) is 2. The maximum absolute atomic E-state index is 12.3. The summed E-state index contributed by atoms with van der Waals surface area (Å²) in [5.41, 5.74) is 1.31. The topological polar surface area (TPSA) is 47.6 Å². The molecule has 2 aliphatic heterocycles. The molecule has 2 aliphatic rings. The molecule has 0 aliphatic carbocycles. The summed E-state index contributed by atoms with van der Waals surface area (Å²) in [5.74, 6) is 0.369. The fourth-order valence-corrected chi connectivity index (χ4v) is 3.70. The SMILES string of the molecule is CC(CN1CCN(c2ccccc2)CC1)NC(=O)C1CCCNC1.Cl.Cl.Cl. The third kappa shape index (κ3) is 8.04. The Hall–Kier alpha value is -0.720. The van der Waals surface area contributed by atoms with Gasteiger partial charge >= 0.3 is 0 Å². The van der Waals surface area contributed by atoms with Gasteiger partial charge in [-0.15, -0.1) is 37.2 Å². The van der Waals surface area contributed by atoms with Crippen LogP contribution in [0.3, 0.4) is 0 Å². The minimum Gasteiger partial charge on any atom is -0.369 e. The van der Waals surface area contributed by atoms with Crippen molar-refractivity contribution >= 4 is 48.8 Å². The lowest BCUT2D eigenvalue weighted by Gasteiger charge is -2.37. The average Bonchev–Trinajstić information content (AvgIpc) is 2.64. The van der Waals surface area contributed by atoms with E-state index in [9.17, 15) is 4.79 Å². The molecule has 156 valence electrons. The molecule has 2 atom stereocenters. The van der Waals surface area contributed by atoms with Gasteiger partial charge < -0.3 is 15.5 Å². The van der Waals surface area contributed by atoms with Gasteiger partial charge in [-0.1, -0.05) is 18.2 Å². The number of piperidine rings is 1. The lowest BCUT2D eigenvalue weighted by atomic mass is 9.98. The molecule has 27 heavy (non-hydrogen) atoms. The third-order valence-corrected chi connectivity index (χ3v) is 5.08. The van der Waals surface area contributed by atoms with Gasteiger partial charge in [0.2, 0.25) is 5.91 Å². The number of nitrogens with one attached hydrogen (secondary N) is 2. The highest BCUT2D eigenvalue weighted by atomic mass is 35.5. The molecule has 0 bridgehead atoms.